The van der Waals surface area contributed by atoms with Crippen LogP contribution in [-0.4, -0.2) is 52.3 Å². The van der Waals surface area contributed by atoms with Gasteiger partial charge in [-0.25, -0.2) is 4.79 Å². The first kappa shape index (κ1) is 17.4. The van der Waals surface area contributed by atoms with Gasteiger partial charge in [-0.2, -0.15) is 11.8 Å². The Kier molecular flexibility index (Phi) is 5.17. The topological polar surface area (TPSA) is 41.6 Å². The highest BCUT2D eigenvalue weighted by atomic mass is 32.2. The van der Waals surface area contributed by atoms with E-state index >= 15 is 0 Å². The Morgan fingerprint density at radius 2 is 1.78 bits per heavy atom. The highest BCUT2D eigenvalue weighted by molar-refractivity contribution is 7.99. The molecule has 5 heteroatoms. The maximum atomic E-state index is 12.5. The fourth-order valence-electron chi connectivity index (χ4n) is 4.63. The number of carbonyl (C=O) groups is 1. The second-order valence-corrected chi connectivity index (χ2v) is 9.50. The molecule has 2 saturated heterocycles. The molecule has 0 aromatic carbocycles. The maximum Gasteiger partial charge on any atom is 0.410 e. The summed E-state index contributed by atoms with van der Waals surface area (Å²) in [6.07, 6.45) is 10.6. The van der Waals surface area contributed by atoms with Crippen molar-refractivity contribution >= 4 is 17.9 Å². The summed E-state index contributed by atoms with van der Waals surface area (Å²) in [7, 11) is 0. The van der Waals surface area contributed by atoms with Crippen LogP contribution in [0.2, 0.25) is 0 Å². The van der Waals surface area contributed by atoms with Crippen LogP contribution < -0.4 is 5.32 Å². The molecule has 2 heterocycles. The van der Waals surface area contributed by atoms with Gasteiger partial charge < -0.3 is 15.0 Å². The third-order valence-corrected chi connectivity index (χ3v) is 6.71. The zero-order valence-corrected chi connectivity index (χ0v) is 15.8. The fraction of sp³-hybridized carbons (Fsp3) is 0.944. The van der Waals surface area contributed by atoms with Gasteiger partial charge in [-0.05, 0) is 65.6 Å². The van der Waals surface area contributed by atoms with Gasteiger partial charge in [0.15, 0.2) is 0 Å². The van der Waals surface area contributed by atoms with Crippen molar-refractivity contribution in [3.63, 3.8) is 0 Å². The lowest BCUT2D eigenvalue weighted by atomic mass is 9.96. The Morgan fingerprint density at radius 1 is 1.13 bits per heavy atom. The van der Waals surface area contributed by atoms with Crippen LogP contribution in [0.5, 0.6) is 0 Å². The van der Waals surface area contributed by atoms with Crippen LogP contribution in [0, 0.1) is 0 Å². The number of carbonyl (C=O) groups excluding carboxylic acids is 1. The van der Waals surface area contributed by atoms with E-state index in [0.29, 0.717) is 24.2 Å². The number of amides is 1. The Balaban J connectivity index is 1.57. The van der Waals surface area contributed by atoms with Gasteiger partial charge in [-0.1, -0.05) is 6.42 Å². The number of hydrogen-bond acceptors (Lipinski definition) is 4. The number of ether oxygens (including phenoxy) is 1. The molecule has 3 fully saturated rings. The predicted molar refractivity (Wildman–Crippen MR) is 96.0 cm³/mol. The van der Waals surface area contributed by atoms with Crippen molar-refractivity contribution in [2.24, 2.45) is 0 Å². The van der Waals surface area contributed by atoms with Gasteiger partial charge in [0, 0.05) is 29.4 Å². The summed E-state index contributed by atoms with van der Waals surface area (Å²) in [4.78, 5) is 14.5. The van der Waals surface area contributed by atoms with Crippen molar-refractivity contribution < 1.29 is 9.53 Å². The molecule has 3 aliphatic rings. The molecule has 3 rings (SSSR count). The predicted octanol–water partition coefficient (Wildman–Crippen LogP) is 3.79. The van der Waals surface area contributed by atoms with Gasteiger partial charge in [-0.3, -0.25) is 0 Å². The highest BCUT2D eigenvalue weighted by Crippen LogP contribution is 2.38. The van der Waals surface area contributed by atoms with E-state index in [1.165, 1.54) is 19.3 Å². The van der Waals surface area contributed by atoms with Crippen molar-refractivity contribution in [1.82, 2.24) is 10.2 Å². The molecule has 132 valence electrons. The molecule has 0 radical (unpaired) electrons. The lowest BCUT2D eigenvalue weighted by molar-refractivity contribution is 0.00433. The Labute approximate surface area is 145 Å². The van der Waals surface area contributed by atoms with Gasteiger partial charge in [-0.15, -0.1) is 0 Å². The van der Waals surface area contributed by atoms with Gasteiger partial charge in [0.25, 0.3) is 0 Å². The number of fused-ring (bicyclic) bond motifs is 2. The lowest BCUT2D eigenvalue weighted by Gasteiger charge is -2.41. The molecule has 0 aromatic heterocycles. The number of nitrogens with one attached hydrogen (secondary N) is 1. The van der Waals surface area contributed by atoms with Crippen LogP contribution in [0.1, 0.15) is 65.7 Å². The molecule has 2 bridgehead atoms. The molecule has 1 N–H and O–H groups in total. The minimum atomic E-state index is -0.402. The molecule has 1 amide bonds. The number of rotatable bonds is 3. The maximum absolute atomic E-state index is 12.5. The number of piperidine rings is 1. The molecule has 0 aromatic rings. The highest BCUT2D eigenvalue weighted by Gasteiger charge is 2.45. The Hall–Kier alpha value is -0.420. The summed E-state index contributed by atoms with van der Waals surface area (Å²) in [6.45, 7) is 5.84. The quantitative estimate of drug-likeness (QED) is 0.849. The van der Waals surface area contributed by atoms with Crippen molar-refractivity contribution in [1.29, 1.82) is 0 Å². The minimum Gasteiger partial charge on any atom is -0.444 e. The zero-order chi connectivity index (χ0) is 16.6. The average Bonchev–Trinajstić information content (AvgIpc) is 2.99. The van der Waals surface area contributed by atoms with Crippen molar-refractivity contribution in [2.45, 2.75) is 101 Å². The van der Waals surface area contributed by atoms with E-state index in [0.717, 1.165) is 30.9 Å². The number of thioether (sulfide) groups is 1. The second kappa shape index (κ2) is 6.83. The van der Waals surface area contributed by atoms with Gasteiger partial charge in [0.2, 0.25) is 0 Å². The summed E-state index contributed by atoms with van der Waals surface area (Å²) < 4.78 is 5.62. The minimum absolute atomic E-state index is 0.105. The Bertz CT molecular complexity index is 423. The van der Waals surface area contributed by atoms with Crippen LogP contribution in [0.15, 0.2) is 0 Å². The summed E-state index contributed by atoms with van der Waals surface area (Å²) in [5.74, 6) is 0. The van der Waals surface area contributed by atoms with E-state index in [2.05, 4.69) is 11.6 Å². The van der Waals surface area contributed by atoms with E-state index in [1.807, 2.05) is 37.4 Å². The molecule has 0 spiro atoms. The van der Waals surface area contributed by atoms with Gasteiger partial charge >= 0.3 is 6.09 Å². The van der Waals surface area contributed by atoms with Crippen LogP contribution in [0.3, 0.4) is 0 Å². The fourth-order valence-corrected chi connectivity index (χ4v) is 5.57. The molecule has 4 unspecified atom stereocenters. The van der Waals surface area contributed by atoms with Crippen molar-refractivity contribution in [3.05, 3.63) is 0 Å². The standard InChI is InChI=1S/C18H32N2O2S/c1-18(2,3)22-17(21)20-13-8-9-14(20)11-12(10-13)19-15-6-5-7-16(15)23-4/h12-16,19H,5-11H2,1-4H3. The normalized spacial score (nSPS) is 37.2. The number of hydrogen-bond donors (Lipinski definition) is 1. The number of nitrogens with zero attached hydrogens (tertiary/aromatic N) is 1. The van der Waals surface area contributed by atoms with Crippen molar-refractivity contribution in [2.75, 3.05) is 6.26 Å². The van der Waals surface area contributed by atoms with Crippen LogP contribution in [-0.2, 0) is 4.74 Å². The van der Waals surface area contributed by atoms with Crippen LogP contribution >= 0.6 is 11.8 Å². The van der Waals surface area contributed by atoms with E-state index in [-0.39, 0.29) is 6.09 Å². The first-order valence-electron chi connectivity index (χ1n) is 9.17. The SMILES string of the molecule is CSC1CCCC1NC1CC2CCC(C1)N2C(=O)OC(C)(C)C. The summed E-state index contributed by atoms with van der Waals surface area (Å²) >= 11 is 2.01. The van der Waals surface area contributed by atoms with E-state index in [9.17, 15) is 4.79 Å². The molecular formula is C18H32N2O2S. The molecule has 4 nitrogen and oxygen atoms in total. The van der Waals surface area contributed by atoms with Crippen LogP contribution in [0.25, 0.3) is 0 Å². The summed E-state index contributed by atoms with van der Waals surface area (Å²) in [5.41, 5.74) is -0.402. The third-order valence-electron chi connectivity index (χ3n) is 5.54. The van der Waals surface area contributed by atoms with Gasteiger partial charge in [0.05, 0.1) is 0 Å². The molecule has 4 atom stereocenters. The van der Waals surface area contributed by atoms with E-state index in [1.54, 1.807) is 0 Å². The lowest BCUT2D eigenvalue weighted by Crippen LogP contribution is -2.54. The van der Waals surface area contributed by atoms with Crippen molar-refractivity contribution in [3.8, 4) is 0 Å². The zero-order valence-electron chi connectivity index (χ0n) is 15.0. The third kappa shape index (κ3) is 3.98. The van der Waals surface area contributed by atoms with E-state index in [4.69, 9.17) is 4.74 Å². The molecule has 2 aliphatic heterocycles. The largest absolute Gasteiger partial charge is 0.444 e. The van der Waals surface area contributed by atoms with Crippen LogP contribution in [0.4, 0.5) is 4.79 Å². The molecule has 1 aliphatic carbocycles. The second-order valence-electron chi connectivity index (χ2n) is 8.42. The Morgan fingerprint density at radius 3 is 2.35 bits per heavy atom. The smallest absolute Gasteiger partial charge is 0.410 e. The first-order valence-corrected chi connectivity index (χ1v) is 10.5. The summed E-state index contributed by atoms with van der Waals surface area (Å²) in [6, 6.07) is 1.98. The monoisotopic (exact) mass is 340 g/mol. The first-order chi connectivity index (χ1) is 10.9. The average molecular weight is 341 g/mol. The summed E-state index contributed by atoms with van der Waals surface area (Å²) in [5, 5.41) is 4.70. The van der Waals surface area contributed by atoms with E-state index < -0.39 is 5.60 Å². The molecule has 1 saturated carbocycles. The van der Waals surface area contributed by atoms with Gasteiger partial charge in [0.1, 0.15) is 5.60 Å². The molecule has 23 heavy (non-hydrogen) atoms. The molecular weight excluding hydrogens is 308 g/mol.